The lowest BCUT2D eigenvalue weighted by atomic mass is 9.75. The van der Waals surface area contributed by atoms with Crippen LogP contribution in [0.2, 0.25) is 0 Å². The first-order valence-corrected chi connectivity index (χ1v) is 11.8. The molecule has 15 heteroatoms. The maximum atomic E-state index is 13.2. The van der Waals surface area contributed by atoms with Crippen molar-refractivity contribution in [2.75, 3.05) is 13.2 Å². The Labute approximate surface area is 228 Å². The number of likely N-dealkylation sites (tertiary alicyclic amines) is 1. The molecule has 3 unspecified atom stereocenters. The lowest BCUT2D eigenvalue weighted by molar-refractivity contribution is -0.192. The van der Waals surface area contributed by atoms with Crippen LogP contribution in [-0.4, -0.2) is 52.5 Å². The van der Waals surface area contributed by atoms with Gasteiger partial charge >= 0.3 is 30.6 Å². The number of hydrogen-bond donors (Lipinski definition) is 2. The van der Waals surface area contributed by atoms with Gasteiger partial charge in [-0.2, -0.15) is 39.5 Å². The van der Waals surface area contributed by atoms with Crippen LogP contribution in [0.1, 0.15) is 43.4 Å². The summed E-state index contributed by atoms with van der Waals surface area (Å²) in [5.74, 6) is -4.19. The molecule has 1 fully saturated rings. The molecule has 41 heavy (non-hydrogen) atoms. The zero-order valence-corrected chi connectivity index (χ0v) is 21.7. The molecule has 1 heterocycles. The van der Waals surface area contributed by atoms with Gasteiger partial charge in [0.2, 0.25) is 0 Å². The van der Waals surface area contributed by atoms with E-state index in [-0.39, 0.29) is 25.1 Å². The third-order valence-corrected chi connectivity index (χ3v) is 6.26. The fourth-order valence-corrected chi connectivity index (χ4v) is 4.68. The van der Waals surface area contributed by atoms with Crippen LogP contribution in [0.3, 0.4) is 0 Å². The van der Waals surface area contributed by atoms with Crippen LogP contribution in [0, 0.1) is 11.3 Å². The van der Waals surface area contributed by atoms with E-state index in [0.29, 0.717) is 12.1 Å². The Morgan fingerprint density at radius 1 is 0.854 bits per heavy atom. The molecular weight excluding hydrogens is 577 g/mol. The number of ether oxygens (including phenoxy) is 1. The second-order valence-corrected chi connectivity index (χ2v) is 10.3. The van der Waals surface area contributed by atoms with Gasteiger partial charge in [0.1, 0.15) is 5.75 Å². The van der Waals surface area contributed by atoms with Crippen LogP contribution in [0.4, 0.5) is 44.3 Å². The zero-order chi connectivity index (χ0) is 31.6. The number of nitrogens with zero attached hydrogens (tertiary/aromatic N) is 1. The van der Waals surface area contributed by atoms with E-state index < -0.39 is 64.8 Å². The van der Waals surface area contributed by atoms with Crippen LogP contribution >= 0.6 is 0 Å². The van der Waals surface area contributed by atoms with Gasteiger partial charge in [0.05, 0.1) is 17.7 Å². The molecule has 1 aliphatic heterocycles. The fourth-order valence-electron chi connectivity index (χ4n) is 4.68. The average molecular weight is 603 g/mol. The Hall–Kier alpha value is -3.65. The lowest BCUT2D eigenvalue weighted by Crippen LogP contribution is -2.46. The second kappa shape index (κ2) is 12.1. The van der Waals surface area contributed by atoms with Crippen molar-refractivity contribution in [3.05, 3.63) is 65.2 Å². The normalized spacial score (nSPS) is 19.8. The van der Waals surface area contributed by atoms with Gasteiger partial charge in [0.15, 0.2) is 0 Å². The Bertz CT molecular complexity index is 1170. The van der Waals surface area contributed by atoms with Gasteiger partial charge in [-0.15, -0.1) is 0 Å². The molecule has 2 N–H and O–H groups in total. The van der Waals surface area contributed by atoms with Gasteiger partial charge in [-0.1, -0.05) is 51.1 Å². The summed E-state index contributed by atoms with van der Waals surface area (Å²) in [7, 11) is 0. The number of halogens is 9. The smallest absolute Gasteiger partial charge is 0.490 e. The van der Waals surface area contributed by atoms with E-state index in [1.807, 2.05) is 32.9 Å². The summed E-state index contributed by atoms with van der Waals surface area (Å²) < 4.78 is 117. The van der Waals surface area contributed by atoms with Crippen LogP contribution in [0.15, 0.2) is 48.5 Å². The molecule has 1 amide bonds. The number of alkyl halides is 9. The highest BCUT2D eigenvalue weighted by Gasteiger charge is 2.50. The number of hydrogen-bond acceptors (Lipinski definition) is 3. The maximum absolute atomic E-state index is 13.2. The summed E-state index contributed by atoms with van der Waals surface area (Å²) in [4.78, 5) is 22.2. The average Bonchev–Trinajstić information content (AvgIpc) is 3.22. The maximum Gasteiger partial charge on any atom is 0.490 e. The van der Waals surface area contributed by atoms with Crippen LogP contribution in [0.25, 0.3) is 0 Å². The van der Waals surface area contributed by atoms with Gasteiger partial charge in [-0.25, -0.2) is 9.59 Å². The number of aliphatic carboxylic acids is 1. The van der Waals surface area contributed by atoms with E-state index in [0.717, 1.165) is 5.56 Å². The quantitative estimate of drug-likeness (QED) is 0.353. The molecule has 3 atom stereocenters. The Morgan fingerprint density at radius 3 is 1.68 bits per heavy atom. The summed E-state index contributed by atoms with van der Waals surface area (Å²) in [6, 6.07) is 9.51. The van der Waals surface area contributed by atoms with Crippen molar-refractivity contribution in [2.24, 2.45) is 11.3 Å². The molecule has 6 nitrogen and oxygen atoms in total. The van der Waals surface area contributed by atoms with Crippen molar-refractivity contribution in [1.82, 2.24) is 4.90 Å². The highest BCUT2D eigenvalue weighted by atomic mass is 19.4. The molecule has 0 spiro atoms. The van der Waals surface area contributed by atoms with E-state index in [4.69, 9.17) is 14.6 Å². The van der Waals surface area contributed by atoms with Gasteiger partial charge in [0, 0.05) is 24.4 Å². The van der Waals surface area contributed by atoms with E-state index in [2.05, 4.69) is 0 Å². The number of rotatable bonds is 4. The molecule has 3 rings (SSSR count). The number of carbonyl (C=O) groups is 2. The topological polar surface area (TPSA) is 87.1 Å². The lowest BCUT2D eigenvalue weighted by Gasteiger charge is -2.37. The number of carboxylic acids is 1. The minimum atomic E-state index is -5.08. The Kier molecular flexibility index (Phi) is 9.88. The van der Waals surface area contributed by atoms with E-state index in [1.54, 1.807) is 18.2 Å². The van der Waals surface area contributed by atoms with Crippen molar-refractivity contribution in [3.8, 4) is 5.75 Å². The second-order valence-electron chi connectivity index (χ2n) is 10.3. The summed E-state index contributed by atoms with van der Waals surface area (Å²) in [6.07, 6.45) is -16.2. The fraction of sp³-hybridized carbons (Fsp3) is 0.462. The van der Waals surface area contributed by atoms with Crippen LogP contribution < -0.4 is 4.74 Å². The number of amides is 1. The molecular formula is C26H26F9NO5. The Balaban J connectivity index is 0.000000745. The molecule has 228 valence electrons. The number of benzene rings is 2. The summed E-state index contributed by atoms with van der Waals surface area (Å²) in [5, 5.41) is 16.9. The van der Waals surface area contributed by atoms with Crippen molar-refractivity contribution in [2.45, 2.75) is 51.3 Å². The van der Waals surface area contributed by atoms with Crippen LogP contribution in [-0.2, 0) is 17.1 Å². The summed E-state index contributed by atoms with van der Waals surface area (Å²) in [5.41, 5.74) is -2.69. The van der Waals surface area contributed by atoms with Crippen molar-refractivity contribution in [1.29, 1.82) is 0 Å². The molecule has 2 aromatic rings. The molecule has 2 aromatic carbocycles. The van der Waals surface area contributed by atoms with Crippen molar-refractivity contribution < 1.29 is 64.1 Å². The third kappa shape index (κ3) is 8.92. The number of carboxylic acid groups (broad SMARTS) is 2. The molecule has 0 saturated carbocycles. The highest BCUT2D eigenvalue weighted by molar-refractivity contribution is 5.73. The molecule has 0 radical (unpaired) electrons. The largest absolute Gasteiger partial charge is 0.493 e. The molecule has 1 saturated heterocycles. The van der Waals surface area contributed by atoms with Gasteiger partial charge in [0.25, 0.3) is 0 Å². The first-order valence-electron chi connectivity index (χ1n) is 11.8. The highest BCUT2D eigenvalue weighted by Crippen LogP contribution is 2.45. The SMILES string of the molecule is CC(C)(C)C1C(COc2cc(C(F)(F)F)cc(C(F)(F)F)c2)C(c2ccccc2)CN1C(=O)O.O=C(O)C(F)(F)F. The van der Waals surface area contributed by atoms with Crippen LogP contribution in [0.5, 0.6) is 5.75 Å². The predicted molar refractivity (Wildman–Crippen MR) is 126 cm³/mol. The summed E-state index contributed by atoms with van der Waals surface area (Å²) in [6.45, 7) is 5.37. The minimum Gasteiger partial charge on any atom is -0.493 e. The first-order chi connectivity index (χ1) is 18.5. The summed E-state index contributed by atoms with van der Waals surface area (Å²) >= 11 is 0. The molecule has 0 aromatic heterocycles. The monoisotopic (exact) mass is 603 g/mol. The van der Waals surface area contributed by atoms with Crippen molar-refractivity contribution in [3.63, 3.8) is 0 Å². The minimum absolute atomic E-state index is 0.0410. The van der Waals surface area contributed by atoms with E-state index in [9.17, 15) is 49.4 Å². The first kappa shape index (κ1) is 33.6. The third-order valence-electron chi connectivity index (χ3n) is 6.26. The Morgan fingerprint density at radius 2 is 1.32 bits per heavy atom. The van der Waals surface area contributed by atoms with Crippen molar-refractivity contribution >= 4 is 12.1 Å². The van der Waals surface area contributed by atoms with Gasteiger partial charge in [-0.05, 0) is 29.2 Å². The zero-order valence-electron chi connectivity index (χ0n) is 21.7. The van der Waals surface area contributed by atoms with Gasteiger partial charge in [-0.3, -0.25) is 0 Å². The van der Waals surface area contributed by atoms with E-state index >= 15 is 0 Å². The molecule has 1 aliphatic rings. The standard InChI is InChI=1S/C24H25F6NO3.C2HF3O2/c1-22(2,3)20-19(18(12-31(20)21(32)33)14-7-5-4-6-8-14)13-34-17-10-15(23(25,26)27)9-16(11-17)24(28,29)30;3-2(4,5)1(6)7/h4-11,18-20H,12-13H2,1-3H3,(H,32,33);(H,6,7). The predicted octanol–water partition coefficient (Wildman–Crippen LogP) is 7.54. The molecule has 0 bridgehead atoms. The molecule has 0 aliphatic carbocycles. The van der Waals surface area contributed by atoms with Gasteiger partial charge < -0.3 is 19.8 Å². The van der Waals surface area contributed by atoms with E-state index in [1.165, 1.54) is 4.90 Å².